The van der Waals surface area contributed by atoms with Crippen LogP contribution in [-0.4, -0.2) is 83.0 Å². The maximum atomic E-state index is 12.7. The van der Waals surface area contributed by atoms with Gasteiger partial charge in [-0.1, -0.05) is 75.4 Å². The van der Waals surface area contributed by atoms with Crippen LogP contribution in [0.25, 0.3) is 11.1 Å². The number of rotatable bonds is 14. The number of sulfone groups is 3. The van der Waals surface area contributed by atoms with Crippen LogP contribution in [0.2, 0.25) is 0 Å². The van der Waals surface area contributed by atoms with Crippen LogP contribution in [0.3, 0.4) is 0 Å². The Kier molecular flexibility index (Phi) is 20.3. The molecular formula is C53H53F3N6O13S3. The van der Waals surface area contributed by atoms with Crippen molar-refractivity contribution >= 4 is 81.7 Å². The first-order chi connectivity index (χ1) is 36.8. The number of urea groups is 3. The number of hydrogen-bond acceptors (Lipinski definition) is 13. The zero-order chi connectivity index (χ0) is 57.4. The number of hydrogen-bond donors (Lipinski definition) is 9. The lowest BCUT2D eigenvalue weighted by Gasteiger charge is -2.13. The summed E-state index contributed by atoms with van der Waals surface area (Å²) < 4.78 is 115. The first-order valence-corrected chi connectivity index (χ1v) is 28.1. The Balaban J connectivity index is 0.000000216. The fourth-order valence-corrected chi connectivity index (χ4v) is 9.40. The predicted molar refractivity (Wildman–Crippen MR) is 292 cm³/mol. The number of benzene rings is 7. The zero-order valence-electron chi connectivity index (χ0n) is 41.9. The summed E-state index contributed by atoms with van der Waals surface area (Å²) in [6, 6.07) is 36.3. The lowest BCUT2D eigenvalue weighted by Crippen LogP contribution is -2.20. The van der Waals surface area contributed by atoms with Crippen molar-refractivity contribution in [3.05, 3.63) is 163 Å². The summed E-state index contributed by atoms with van der Waals surface area (Å²) in [5, 5.41) is 44.2. The average molecular weight is 1140 g/mol. The summed E-state index contributed by atoms with van der Waals surface area (Å²) in [7, 11) is -8.92. The second-order valence-electron chi connectivity index (χ2n) is 16.2. The average Bonchev–Trinajstić information content (AvgIpc) is 3.42. The summed E-state index contributed by atoms with van der Waals surface area (Å²) >= 11 is 0. The number of phenols is 3. The van der Waals surface area contributed by atoms with Crippen molar-refractivity contribution in [3.8, 4) is 34.1 Å². The van der Waals surface area contributed by atoms with E-state index in [-0.39, 0.29) is 71.9 Å². The van der Waals surface area contributed by atoms with Gasteiger partial charge in [-0.15, -0.1) is 0 Å². The van der Waals surface area contributed by atoms with Gasteiger partial charge in [0, 0.05) is 16.9 Å². The Labute approximate surface area is 447 Å². The maximum absolute atomic E-state index is 12.7. The lowest BCUT2D eigenvalue weighted by molar-refractivity contribution is -0.137. The Hall–Kier alpha value is -8.81. The van der Waals surface area contributed by atoms with Crippen LogP contribution < -0.4 is 36.6 Å². The van der Waals surface area contributed by atoms with E-state index in [0.717, 1.165) is 41.5 Å². The number of phenolic OH excluding ortho intramolecular Hbond substituents is 3. The molecule has 412 valence electrons. The van der Waals surface area contributed by atoms with Crippen LogP contribution in [0, 0.1) is 0 Å². The minimum Gasteiger partial charge on any atom is -0.506 e. The third-order valence-corrected chi connectivity index (χ3v) is 16.1. The van der Waals surface area contributed by atoms with Gasteiger partial charge < -0.3 is 52.0 Å². The van der Waals surface area contributed by atoms with E-state index in [2.05, 4.69) is 31.9 Å². The number of methoxy groups -OCH3 is 1. The van der Waals surface area contributed by atoms with Crippen molar-refractivity contribution in [2.45, 2.75) is 41.6 Å². The Morgan fingerprint density at radius 1 is 0.449 bits per heavy atom. The summed E-state index contributed by atoms with van der Waals surface area (Å²) in [5.41, 5.74) is 1.67. The summed E-state index contributed by atoms with van der Waals surface area (Å²) in [4.78, 5) is 36.4. The van der Waals surface area contributed by atoms with E-state index in [1.807, 2.05) is 42.5 Å². The van der Waals surface area contributed by atoms with Crippen LogP contribution in [0.4, 0.5) is 61.7 Å². The van der Waals surface area contributed by atoms with Crippen LogP contribution in [-0.2, 0) is 35.7 Å². The Morgan fingerprint density at radius 3 is 1.27 bits per heavy atom. The molecule has 9 N–H and O–H groups in total. The molecule has 0 unspecified atom stereocenters. The number of carbonyl (C=O) groups is 3. The van der Waals surface area contributed by atoms with Crippen molar-refractivity contribution in [1.29, 1.82) is 0 Å². The normalized spacial score (nSPS) is 11.3. The van der Waals surface area contributed by atoms with E-state index in [4.69, 9.17) is 4.74 Å². The van der Waals surface area contributed by atoms with Crippen LogP contribution in [0.15, 0.2) is 172 Å². The predicted octanol–water partition coefficient (Wildman–Crippen LogP) is 11.2. The highest BCUT2D eigenvalue weighted by Crippen LogP contribution is 2.33. The van der Waals surface area contributed by atoms with Gasteiger partial charge in [0.1, 0.15) is 23.0 Å². The summed E-state index contributed by atoms with van der Waals surface area (Å²) in [5.74, 6) is -0.511. The van der Waals surface area contributed by atoms with Crippen molar-refractivity contribution in [3.63, 3.8) is 0 Å². The number of para-hydroxylation sites is 1. The van der Waals surface area contributed by atoms with E-state index in [1.54, 1.807) is 36.4 Å². The fraction of sp³-hybridized carbons (Fsp3) is 0.151. The molecule has 7 rings (SSSR count). The van der Waals surface area contributed by atoms with E-state index in [9.17, 15) is 68.1 Å². The first kappa shape index (κ1) is 60.1. The molecule has 0 heterocycles. The van der Waals surface area contributed by atoms with Crippen LogP contribution in [0.1, 0.15) is 26.3 Å². The van der Waals surface area contributed by atoms with E-state index >= 15 is 0 Å². The third kappa shape index (κ3) is 16.8. The second kappa shape index (κ2) is 26.3. The molecule has 19 nitrogen and oxygen atoms in total. The SMILES string of the molecule is CCS(=O)(=O)c1ccc(O)c(NC(=O)Nc2ccc(OC)cc2)c1.CCS(=O)(=O)c1ccc(O)c(NC(=O)Nc2cccc(C(F)(F)F)c2)c1.CCS(=O)(=O)c1ccc(O)c(NC(=O)Nc2ccccc2-c2ccccc2)c1. The molecule has 0 atom stereocenters. The number of halogens is 3. The highest BCUT2D eigenvalue weighted by molar-refractivity contribution is 7.92. The van der Waals surface area contributed by atoms with E-state index in [0.29, 0.717) is 17.1 Å². The molecule has 0 aliphatic rings. The quantitative estimate of drug-likeness (QED) is 0.0458. The molecule has 7 aromatic carbocycles. The molecular weight excluding hydrogens is 1080 g/mol. The minimum absolute atomic E-state index is 0.00976. The monoisotopic (exact) mass is 1130 g/mol. The van der Waals surface area contributed by atoms with E-state index < -0.39 is 59.3 Å². The van der Waals surface area contributed by atoms with Crippen LogP contribution >= 0.6 is 0 Å². The number of anilines is 6. The smallest absolute Gasteiger partial charge is 0.416 e. The summed E-state index contributed by atoms with van der Waals surface area (Å²) in [6.45, 7) is 4.49. The summed E-state index contributed by atoms with van der Waals surface area (Å²) in [6.07, 6.45) is -4.56. The molecule has 0 spiro atoms. The molecule has 0 aromatic heterocycles. The van der Waals surface area contributed by atoms with E-state index in [1.165, 1.54) is 76.4 Å². The zero-order valence-corrected chi connectivity index (χ0v) is 44.4. The molecule has 6 amide bonds. The number of alkyl halides is 3. The number of aromatic hydroxyl groups is 3. The molecule has 0 aliphatic carbocycles. The van der Waals surface area contributed by atoms with Crippen LogP contribution in [0.5, 0.6) is 23.0 Å². The van der Waals surface area contributed by atoms with Crippen molar-refractivity contribution in [2.75, 3.05) is 56.3 Å². The standard InChI is InChI=1S/C21H20N2O4S.C16H15F3N2O4S.C16H18N2O5S/c1-2-28(26,27)16-12-13-20(24)19(14-16)23-21(25)22-18-11-7-6-10-17(18)15-8-4-3-5-9-15;1-2-26(24,25)12-6-7-14(22)13(9-12)21-15(23)20-11-5-3-4-10(8-11)16(17,18)19;1-3-24(21,22)13-8-9-15(19)14(10-13)18-16(20)17-11-4-6-12(23-2)7-5-11/h3-14,24H,2H2,1H3,(H2,22,23,25);3-9,22H,2H2,1H3,(H2,20,21,23);4-10,19H,3H2,1-2H3,(H2,17,18,20). The van der Waals surface area contributed by atoms with Gasteiger partial charge in [-0.3, -0.25) is 0 Å². The van der Waals surface area contributed by atoms with Gasteiger partial charge in [-0.2, -0.15) is 13.2 Å². The fourth-order valence-electron chi connectivity index (χ4n) is 6.68. The van der Waals surface area contributed by atoms with Gasteiger partial charge in [0.2, 0.25) is 0 Å². The Morgan fingerprint density at radius 2 is 0.846 bits per heavy atom. The Bertz CT molecular complexity index is 3610. The van der Waals surface area contributed by atoms with Gasteiger partial charge in [0.25, 0.3) is 0 Å². The number of amides is 6. The third-order valence-electron chi connectivity index (χ3n) is 10.9. The van der Waals surface area contributed by atoms with Gasteiger partial charge >= 0.3 is 24.3 Å². The van der Waals surface area contributed by atoms with Gasteiger partial charge in [0.15, 0.2) is 29.5 Å². The molecule has 0 fully saturated rings. The molecule has 78 heavy (non-hydrogen) atoms. The number of ether oxygens (including phenoxy) is 1. The molecule has 0 bridgehead atoms. The maximum Gasteiger partial charge on any atom is 0.416 e. The van der Waals surface area contributed by atoms with Crippen molar-refractivity contribution in [2.24, 2.45) is 0 Å². The molecule has 0 radical (unpaired) electrons. The van der Waals surface area contributed by atoms with Crippen molar-refractivity contribution in [1.82, 2.24) is 0 Å². The van der Waals surface area contributed by atoms with Crippen molar-refractivity contribution < 1.29 is 72.9 Å². The molecule has 0 aliphatic heterocycles. The number of carbonyl (C=O) groups excluding carboxylic acids is 3. The lowest BCUT2D eigenvalue weighted by atomic mass is 10.0. The molecule has 0 saturated carbocycles. The number of nitrogens with one attached hydrogen (secondary N) is 6. The minimum atomic E-state index is -4.56. The second-order valence-corrected chi connectivity index (χ2v) is 23.0. The molecule has 7 aromatic rings. The molecule has 25 heteroatoms. The van der Waals surface area contributed by atoms with Gasteiger partial charge in [-0.25, -0.2) is 39.6 Å². The largest absolute Gasteiger partial charge is 0.506 e. The highest BCUT2D eigenvalue weighted by Gasteiger charge is 2.30. The van der Waals surface area contributed by atoms with Gasteiger partial charge in [-0.05, 0) is 109 Å². The highest BCUT2D eigenvalue weighted by atomic mass is 32.2. The first-order valence-electron chi connectivity index (χ1n) is 23.2. The van der Waals surface area contributed by atoms with Gasteiger partial charge in [0.05, 0.1) is 67.4 Å². The molecule has 0 saturated heterocycles. The topological polar surface area (TPSA) is 296 Å².